The second-order valence-corrected chi connectivity index (χ2v) is 10.5. The van der Waals surface area contributed by atoms with E-state index in [4.69, 9.17) is 0 Å². The fourth-order valence-corrected chi connectivity index (χ4v) is 5.72. The summed E-state index contributed by atoms with van der Waals surface area (Å²) in [5.41, 5.74) is 1.91. The first-order valence-electron chi connectivity index (χ1n) is 13.1. The molecule has 6 heterocycles. The first kappa shape index (κ1) is 23.4. The molecule has 2 amide bonds. The van der Waals surface area contributed by atoms with E-state index < -0.39 is 0 Å². The molecule has 4 aliphatic heterocycles. The number of likely N-dealkylation sites (tertiary alicyclic amines) is 2. The highest BCUT2D eigenvalue weighted by Gasteiger charge is 2.42. The predicted molar refractivity (Wildman–Crippen MR) is 133 cm³/mol. The maximum atomic E-state index is 13.1. The SMILES string of the molecule is O=C(N1CC(c2nccnc2N2CCC(O)CC2)C1)N1CC(c2nccnc2N2CCC(O)CC2)C1. The van der Waals surface area contributed by atoms with Gasteiger partial charge in [-0.25, -0.2) is 14.8 Å². The van der Waals surface area contributed by atoms with Gasteiger partial charge in [0, 0.05) is 89.0 Å². The van der Waals surface area contributed by atoms with Gasteiger partial charge in [-0.05, 0) is 25.7 Å². The van der Waals surface area contributed by atoms with Crippen molar-refractivity contribution >= 4 is 17.7 Å². The van der Waals surface area contributed by atoms with Crippen LogP contribution in [0.4, 0.5) is 16.4 Å². The Morgan fingerprint density at radius 3 is 1.39 bits per heavy atom. The van der Waals surface area contributed by atoms with Gasteiger partial charge in [-0.15, -0.1) is 0 Å². The number of piperidine rings is 2. The van der Waals surface area contributed by atoms with Crippen LogP contribution >= 0.6 is 0 Å². The Kier molecular flexibility index (Phi) is 6.34. The van der Waals surface area contributed by atoms with Crippen LogP contribution in [0.3, 0.4) is 0 Å². The number of anilines is 2. The highest BCUT2D eigenvalue weighted by Crippen LogP contribution is 2.36. The molecule has 0 atom stereocenters. The van der Waals surface area contributed by atoms with Crippen molar-refractivity contribution in [2.45, 2.75) is 49.7 Å². The molecular formula is C25H34N8O3. The standard InChI is InChI=1S/C25H34N8O3/c34-19-1-9-30(10-2-19)23-21(26-5-7-28-23)17-13-32(14-17)25(36)33-15-18(16-33)22-24(29-8-6-27-22)31-11-3-20(35)4-12-31/h5-8,17-20,34-35H,1-4,9-16H2. The highest BCUT2D eigenvalue weighted by molar-refractivity contribution is 5.77. The molecule has 36 heavy (non-hydrogen) atoms. The third-order valence-corrected chi connectivity index (χ3v) is 8.02. The van der Waals surface area contributed by atoms with Crippen LogP contribution in [-0.2, 0) is 0 Å². The highest BCUT2D eigenvalue weighted by atomic mass is 16.3. The average molecular weight is 495 g/mol. The van der Waals surface area contributed by atoms with Crippen molar-refractivity contribution in [3.63, 3.8) is 0 Å². The van der Waals surface area contributed by atoms with Crippen LogP contribution in [0.1, 0.15) is 48.9 Å². The molecule has 0 aromatic carbocycles. The molecule has 192 valence electrons. The lowest BCUT2D eigenvalue weighted by molar-refractivity contribution is 0.0834. The van der Waals surface area contributed by atoms with Crippen LogP contribution in [0.5, 0.6) is 0 Å². The van der Waals surface area contributed by atoms with E-state index in [0.29, 0.717) is 26.2 Å². The zero-order chi connectivity index (χ0) is 24.6. The number of nitrogens with zero attached hydrogens (tertiary/aromatic N) is 8. The van der Waals surface area contributed by atoms with Crippen LogP contribution < -0.4 is 9.80 Å². The molecule has 2 aromatic heterocycles. The Morgan fingerprint density at radius 2 is 1.00 bits per heavy atom. The number of hydrogen-bond donors (Lipinski definition) is 2. The first-order chi connectivity index (χ1) is 17.6. The lowest BCUT2D eigenvalue weighted by Gasteiger charge is -2.47. The topological polar surface area (TPSA) is 122 Å². The second kappa shape index (κ2) is 9.78. The van der Waals surface area contributed by atoms with Crippen molar-refractivity contribution in [1.82, 2.24) is 29.7 Å². The molecule has 11 heteroatoms. The van der Waals surface area contributed by atoms with Crippen molar-refractivity contribution < 1.29 is 15.0 Å². The summed E-state index contributed by atoms with van der Waals surface area (Å²) >= 11 is 0. The number of urea groups is 1. The third-order valence-electron chi connectivity index (χ3n) is 8.02. The molecule has 2 aromatic rings. The van der Waals surface area contributed by atoms with Gasteiger partial charge in [0.05, 0.1) is 23.6 Å². The summed E-state index contributed by atoms with van der Waals surface area (Å²) in [6, 6.07) is 0.0700. The van der Waals surface area contributed by atoms with Crippen LogP contribution in [0.15, 0.2) is 24.8 Å². The molecule has 4 saturated heterocycles. The van der Waals surface area contributed by atoms with E-state index in [2.05, 4.69) is 29.7 Å². The number of aliphatic hydroxyl groups is 2. The largest absolute Gasteiger partial charge is 0.393 e. The molecule has 4 fully saturated rings. The number of amides is 2. The average Bonchev–Trinajstić information content (AvgIpc) is 2.84. The third kappa shape index (κ3) is 4.45. The Balaban J connectivity index is 1.04. The van der Waals surface area contributed by atoms with Gasteiger partial charge < -0.3 is 29.8 Å². The summed E-state index contributed by atoms with van der Waals surface area (Å²) in [5, 5.41) is 19.7. The molecule has 6 rings (SSSR count). The van der Waals surface area contributed by atoms with Gasteiger partial charge in [-0.3, -0.25) is 9.97 Å². The summed E-state index contributed by atoms with van der Waals surface area (Å²) in [7, 11) is 0. The van der Waals surface area contributed by atoms with Crippen LogP contribution in [0.2, 0.25) is 0 Å². The minimum absolute atomic E-state index is 0.0700. The summed E-state index contributed by atoms with van der Waals surface area (Å²) in [6.07, 6.45) is 9.41. The number of hydrogen-bond acceptors (Lipinski definition) is 9. The van der Waals surface area contributed by atoms with E-state index in [1.54, 1.807) is 24.8 Å². The van der Waals surface area contributed by atoms with Crippen molar-refractivity contribution in [1.29, 1.82) is 0 Å². The van der Waals surface area contributed by atoms with Gasteiger partial charge in [0.15, 0.2) is 11.6 Å². The Labute approximate surface area is 210 Å². The molecular weight excluding hydrogens is 460 g/mol. The Bertz CT molecular complexity index is 991. The zero-order valence-corrected chi connectivity index (χ0v) is 20.5. The number of carbonyl (C=O) groups excluding carboxylic acids is 1. The van der Waals surface area contributed by atoms with E-state index >= 15 is 0 Å². The van der Waals surface area contributed by atoms with Crippen molar-refractivity contribution in [3.05, 3.63) is 36.2 Å². The molecule has 0 unspecified atom stereocenters. The van der Waals surface area contributed by atoms with E-state index in [1.807, 2.05) is 9.80 Å². The zero-order valence-electron chi connectivity index (χ0n) is 20.5. The lowest BCUT2D eigenvalue weighted by Crippen LogP contribution is -2.59. The van der Waals surface area contributed by atoms with Gasteiger partial charge in [-0.1, -0.05) is 0 Å². The van der Waals surface area contributed by atoms with E-state index in [0.717, 1.165) is 74.9 Å². The van der Waals surface area contributed by atoms with Crippen LogP contribution in [0, 0.1) is 0 Å². The number of aromatic nitrogens is 4. The smallest absolute Gasteiger partial charge is 0.320 e. The summed E-state index contributed by atoms with van der Waals surface area (Å²) < 4.78 is 0. The van der Waals surface area contributed by atoms with Crippen molar-refractivity contribution in [2.75, 3.05) is 62.2 Å². The molecule has 0 radical (unpaired) electrons. The molecule has 0 spiro atoms. The van der Waals surface area contributed by atoms with E-state index in [9.17, 15) is 15.0 Å². The van der Waals surface area contributed by atoms with Gasteiger partial charge in [0.1, 0.15) is 0 Å². The van der Waals surface area contributed by atoms with Crippen molar-refractivity contribution in [2.24, 2.45) is 0 Å². The molecule has 4 aliphatic rings. The van der Waals surface area contributed by atoms with Gasteiger partial charge in [-0.2, -0.15) is 0 Å². The first-order valence-corrected chi connectivity index (χ1v) is 13.1. The summed E-state index contributed by atoms with van der Waals surface area (Å²) in [5.74, 6) is 2.15. The summed E-state index contributed by atoms with van der Waals surface area (Å²) in [6.45, 7) is 5.70. The Morgan fingerprint density at radius 1 is 0.639 bits per heavy atom. The molecule has 2 N–H and O–H groups in total. The number of rotatable bonds is 4. The number of carbonyl (C=O) groups is 1. The van der Waals surface area contributed by atoms with Crippen molar-refractivity contribution in [3.8, 4) is 0 Å². The van der Waals surface area contributed by atoms with E-state index in [1.165, 1.54) is 0 Å². The van der Waals surface area contributed by atoms with Gasteiger partial charge in [0.2, 0.25) is 0 Å². The lowest BCUT2D eigenvalue weighted by atomic mass is 9.93. The summed E-state index contributed by atoms with van der Waals surface area (Å²) in [4.78, 5) is 39.7. The van der Waals surface area contributed by atoms with Crippen LogP contribution in [-0.4, -0.2) is 111 Å². The predicted octanol–water partition coefficient (Wildman–Crippen LogP) is 0.807. The Hall–Kier alpha value is -3.05. The normalized spacial score (nSPS) is 22.5. The van der Waals surface area contributed by atoms with Crippen LogP contribution in [0.25, 0.3) is 0 Å². The maximum Gasteiger partial charge on any atom is 0.320 e. The fourth-order valence-electron chi connectivity index (χ4n) is 5.72. The molecule has 11 nitrogen and oxygen atoms in total. The minimum Gasteiger partial charge on any atom is -0.393 e. The fraction of sp³-hybridized carbons (Fsp3) is 0.640. The molecule has 0 bridgehead atoms. The molecule has 0 aliphatic carbocycles. The minimum atomic E-state index is -0.232. The number of aliphatic hydroxyl groups excluding tert-OH is 2. The molecule has 0 saturated carbocycles. The van der Waals surface area contributed by atoms with E-state index in [-0.39, 0.29) is 30.1 Å². The quantitative estimate of drug-likeness (QED) is 0.636. The van der Waals surface area contributed by atoms with Gasteiger partial charge in [0.25, 0.3) is 0 Å². The second-order valence-electron chi connectivity index (χ2n) is 10.5. The monoisotopic (exact) mass is 494 g/mol. The maximum absolute atomic E-state index is 13.1. The van der Waals surface area contributed by atoms with Gasteiger partial charge >= 0.3 is 6.03 Å².